The van der Waals surface area contributed by atoms with Crippen LogP contribution in [0.15, 0.2) is 18.2 Å². The Hall–Kier alpha value is -1.22. The van der Waals surface area contributed by atoms with E-state index in [1.807, 2.05) is 6.07 Å². The number of rotatable bonds is 4. The van der Waals surface area contributed by atoms with Crippen LogP contribution in [-0.2, 0) is 0 Å². The lowest BCUT2D eigenvalue weighted by Crippen LogP contribution is -2.36. The molecule has 0 aromatic heterocycles. The average Bonchev–Trinajstić information content (AvgIpc) is 2.40. The van der Waals surface area contributed by atoms with Gasteiger partial charge in [0.2, 0.25) is 0 Å². The maximum absolute atomic E-state index is 5.88. The Kier molecular flexibility index (Phi) is 4.48. The molecular formula is C15H24N2O. The molecule has 3 heteroatoms. The average molecular weight is 248 g/mol. The summed E-state index contributed by atoms with van der Waals surface area (Å²) in [7, 11) is 1.72. The van der Waals surface area contributed by atoms with E-state index in [-0.39, 0.29) is 0 Å². The Morgan fingerprint density at radius 2 is 2.11 bits per heavy atom. The Balaban J connectivity index is 2.14. The topological polar surface area (TPSA) is 47.3 Å². The molecule has 0 amide bonds. The lowest BCUT2D eigenvalue weighted by atomic mass is 9.84. The highest BCUT2D eigenvalue weighted by molar-refractivity contribution is 5.58. The quantitative estimate of drug-likeness (QED) is 0.861. The third-order valence-electron chi connectivity index (χ3n) is 3.91. The Morgan fingerprint density at radius 1 is 1.33 bits per heavy atom. The van der Waals surface area contributed by atoms with Crippen LogP contribution >= 0.6 is 0 Å². The second kappa shape index (κ2) is 6.10. The van der Waals surface area contributed by atoms with Crippen molar-refractivity contribution in [2.75, 3.05) is 19.0 Å². The van der Waals surface area contributed by atoms with Crippen LogP contribution in [0.4, 0.5) is 5.69 Å². The largest absolute Gasteiger partial charge is 0.495 e. The molecule has 100 valence electrons. The molecule has 0 heterocycles. The summed E-state index contributed by atoms with van der Waals surface area (Å²) in [6.07, 6.45) is 5.05. The molecule has 0 spiro atoms. The minimum Gasteiger partial charge on any atom is -0.495 e. The van der Waals surface area contributed by atoms with Crippen LogP contribution in [0.1, 0.15) is 31.2 Å². The van der Waals surface area contributed by atoms with E-state index in [1.54, 1.807) is 7.11 Å². The van der Waals surface area contributed by atoms with Gasteiger partial charge in [0, 0.05) is 6.04 Å². The lowest BCUT2D eigenvalue weighted by molar-refractivity contribution is 0.331. The number of aryl methyl sites for hydroxylation is 1. The fraction of sp³-hybridized carbons (Fsp3) is 0.600. The standard InChI is InChI=1S/C15H24N2O/c1-11-7-8-15(18-2)14(9-11)17-13-6-4-3-5-12(13)10-16/h7-9,12-13,17H,3-6,10,16H2,1-2H3. The third kappa shape index (κ3) is 2.96. The van der Waals surface area contributed by atoms with E-state index in [0.29, 0.717) is 12.0 Å². The molecule has 0 saturated heterocycles. The fourth-order valence-corrected chi connectivity index (χ4v) is 2.81. The Morgan fingerprint density at radius 3 is 2.83 bits per heavy atom. The normalized spacial score (nSPS) is 23.7. The van der Waals surface area contributed by atoms with Gasteiger partial charge < -0.3 is 15.8 Å². The number of hydrogen-bond acceptors (Lipinski definition) is 3. The SMILES string of the molecule is COc1ccc(C)cc1NC1CCCCC1CN. The Bertz CT molecular complexity index is 392. The second-order valence-electron chi connectivity index (χ2n) is 5.23. The number of hydrogen-bond donors (Lipinski definition) is 2. The van der Waals surface area contributed by atoms with Gasteiger partial charge in [-0.2, -0.15) is 0 Å². The molecule has 1 saturated carbocycles. The van der Waals surface area contributed by atoms with E-state index < -0.39 is 0 Å². The van der Waals surface area contributed by atoms with Crippen LogP contribution in [0.3, 0.4) is 0 Å². The summed E-state index contributed by atoms with van der Waals surface area (Å²) in [4.78, 5) is 0. The number of nitrogens with one attached hydrogen (secondary N) is 1. The van der Waals surface area contributed by atoms with Crippen LogP contribution in [-0.4, -0.2) is 19.7 Å². The molecule has 0 bridgehead atoms. The van der Waals surface area contributed by atoms with Crippen molar-refractivity contribution in [2.24, 2.45) is 11.7 Å². The van der Waals surface area contributed by atoms with Gasteiger partial charge in [0.25, 0.3) is 0 Å². The van der Waals surface area contributed by atoms with Gasteiger partial charge in [-0.3, -0.25) is 0 Å². The molecule has 1 aromatic rings. The number of anilines is 1. The minimum atomic E-state index is 0.486. The summed E-state index contributed by atoms with van der Waals surface area (Å²) < 4.78 is 5.42. The summed E-state index contributed by atoms with van der Waals surface area (Å²) in [5.74, 6) is 1.51. The van der Waals surface area contributed by atoms with Crippen molar-refractivity contribution in [3.05, 3.63) is 23.8 Å². The summed E-state index contributed by atoms with van der Waals surface area (Å²) in [6, 6.07) is 6.74. The molecule has 3 nitrogen and oxygen atoms in total. The smallest absolute Gasteiger partial charge is 0.141 e. The highest BCUT2D eigenvalue weighted by Gasteiger charge is 2.24. The zero-order chi connectivity index (χ0) is 13.0. The first-order valence-corrected chi connectivity index (χ1v) is 6.86. The van der Waals surface area contributed by atoms with E-state index in [2.05, 4.69) is 24.4 Å². The van der Waals surface area contributed by atoms with Crippen LogP contribution in [0, 0.1) is 12.8 Å². The molecule has 3 N–H and O–H groups in total. The van der Waals surface area contributed by atoms with E-state index >= 15 is 0 Å². The first-order chi connectivity index (χ1) is 8.74. The van der Waals surface area contributed by atoms with Gasteiger partial charge in [0.15, 0.2) is 0 Å². The van der Waals surface area contributed by atoms with Gasteiger partial charge in [-0.15, -0.1) is 0 Å². The number of nitrogens with two attached hydrogens (primary N) is 1. The predicted octanol–water partition coefficient (Wildman–Crippen LogP) is 2.93. The summed E-state index contributed by atoms with van der Waals surface area (Å²) >= 11 is 0. The zero-order valence-electron chi connectivity index (χ0n) is 11.4. The predicted molar refractivity (Wildman–Crippen MR) is 76.2 cm³/mol. The van der Waals surface area contributed by atoms with Crippen LogP contribution in [0.25, 0.3) is 0 Å². The number of ether oxygens (including phenoxy) is 1. The van der Waals surface area contributed by atoms with E-state index in [9.17, 15) is 0 Å². The van der Waals surface area contributed by atoms with E-state index in [4.69, 9.17) is 10.5 Å². The number of benzene rings is 1. The molecule has 2 unspecified atom stereocenters. The van der Waals surface area contributed by atoms with E-state index in [0.717, 1.165) is 18.0 Å². The Labute approximate surface area is 110 Å². The van der Waals surface area contributed by atoms with Gasteiger partial charge in [-0.05, 0) is 49.9 Å². The first-order valence-electron chi connectivity index (χ1n) is 6.86. The minimum absolute atomic E-state index is 0.486. The molecule has 1 aliphatic carbocycles. The first kappa shape index (κ1) is 13.2. The van der Waals surface area contributed by atoms with Crippen molar-refractivity contribution in [3.8, 4) is 5.75 Å². The van der Waals surface area contributed by atoms with Crippen molar-refractivity contribution in [1.29, 1.82) is 0 Å². The van der Waals surface area contributed by atoms with Crippen molar-refractivity contribution in [1.82, 2.24) is 0 Å². The molecule has 0 radical (unpaired) electrons. The molecule has 1 aliphatic rings. The number of methoxy groups -OCH3 is 1. The van der Waals surface area contributed by atoms with Gasteiger partial charge >= 0.3 is 0 Å². The lowest BCUT2D eigenvalue weighted by Gasteiger charge is -2.32. The van der Waals surface area contributed by atoms with Gasteiger partial charge in [-0.25, -0.2) is 0 Å². The third-order valence-corrected chi connectivity index (χ3v) is 3.91. The second-order valence-corrected chi connectivity index (χ2v) is 5.23. The summed E-state index contributed by atoms with van der Waals surface area (Å²) in [5.41, 5.74) is 8.22. The van der Waals surface area contributed by atoms with Crippen LogP contribution in [0.5, 0.6) is 5.75 Å². The maximum atomic E-state index is 5.88. The van der Waals surface area contributed by atoms with E-state index in [1.165, 1.54) is 31.2 Å². The molecular weight excluding hydrogens is 224 g/mol. The molecule has 0 aliphatic heterocycles. The van der Waals surface area contributed by atoms with Crippen LogP contribution in [0.2, 0.25) is 0 Å². The van der Waals surface area contributed by atoms with Crippen molar-refractivity contribution >= 4 is 5.69 Å². The van der Waals surface area contributed by atoms with Crippen molar-refractivity contribution < 1.29 is 4.74 Å². The zero-order valence-corrected chi connectivity index (χ0v) is 11.4. The highest BCUT2D eigenvalue weighted by atomic mass is 16.5. The van der Waals surface area contributed by atoms with Gasteiger partial charge in [-0.1, -0.05) is 18.9 Å². The summed E-state index contributed by atoms with van der Waals surface area (Å²) in [5, 5.41) is 3.64. The molecule has 1 aromatic carbocycles. The van der Waals surface area contributed by atoms with Gasteiger partial charge in [0.1, 0.15) is 5.75 Å². The molecule has 18 heavy (non-hydrogen) atoms. The van der Waals surface area contributed by atoms with Crippen LogP contribution < -0.4 is 15.8 Å². The molecule has 2 atom stereocenters. The van der Waals surface area contributed by atoms with Crippen molar-refractivity contribution in [3.63, 3.8) is 0 Å². The van der Waals surface area contributed by atoms with Crippen molar-refractivity contribution in [2.45, 2.75) is 38.6 Å². The molecule has 1 fully saturated rings. The maximum Gasteiger partial charge on any atom is 0.141 e. The summed E-state index contributed by atoms with van der Waals surface area (Å²) in [6.45, 7) is 2.87. The fourth-order valence-electron chi connectivity index (χ4n) is 2.81. The van der Waals surface area contributed by atoms with Gasteiger partial charge in [0.05, 0.1) is 12.8 Å². The molecule has 2 rings (SSSR count). The highest BCUT2D eigenvalue weighted by Crippen LogP contribution is 2.31. The monoisotopic (exact) mass is 248 g/mol.